The SMILES string of the molecule is O=C(Nc1ccccn1)c1cc2ccc3cccnc3c2[nH]1. The average Bonchev–Trinajstić information content (AvgIpc) is 3.00. The molecule has 3 aromatic heterocycles. The summed E-state index contributed by atoms with van der Waals surface area (Å²) in [5, 5.41) is 4.76. The zero-order valence-corrected chi connectivity index (χ0v) is 11.6. The van der Waals surface area contributed by atoms with Crippen molar-refractivity contribution in [1.82, 2.24) is 15.0 Å². The van der Waals surface area contributed by atoms with Crippen molar-refractivity contribution in [2.45, 2.75) is 0 Å². The molecule has 0 atom stereocenters. The maximum Gasteiger partial charge on any atom is 0.273 e. The van der Waals surface area contributed by atoms with Gasteiger partial charge in [-0.15, -0.1) is 0 Å². The molecule has 0 aliphatic carbocycles. The van der Waals surface area contributed by atoms with E-state index in [9.17, 15) is 4.79 Å². The lowest BCUT2D eigenvalue weighted by molar-refractivity contribution is 0.102. The van der Waals surface area contributed by atoms with Gasteiger partial charge in [0.1, 0.15) is 11.5 Å². The van der Waals surface area contributed by atoms with Gasteiger partial charge in [-0.1, -0.05) is 24.3 Å². The molecule has 5 nitrogen and oxygen atoms in total. The summed E-state index contributed by atoms with van der Waals surface area (Å²) >= 11 is 0. The minimum atomic E-state index is -0.223. The van der Waals surface area contributed by atoms with Crippen LogP contribution in [0.1, 0.15) is 10.5 Å². The second kappa shape index (κ2) is 4.96. The van der Waals surface area contributed by atoms with Gasteiger partial charge in [0, 0.05) is 23.2 Å². The quantitative estimate of drug-likeness (QED) is 0.594. The van der Waals surface area contributed by atoms with Crippen LogP contribution < -0.4 is 5.32 Å². The molecule has 0 aliphatic rings. The number of hydrogen-bond acceptors (Lipinski definition) is 3. The number of carbonyl (C=O) groups is 1. The maximum atomic E-state index is 12.3. The van der Waals surface area contributed by atoms with Gasteiger partial charge < -0.3 is 10.3 Å². The summed E-state index contributed by atoms with van der Waals surface area (Å²) in [6.07, 6.45) is 3.38. The van der Waals surface area contributed by atoms with Gasteiger partial charge in [-0.2, -0.15) is 0 Å². The molecule has 4 aromatic rings. The summed E-state index contributed by atoms with van der Waals surface area (Å²) in [7, 11) is 0. The van der Waals surface area contributed by atoms with E-state index in [1.807, 2.05) is 36.4 Å². The molecule has 0 unspecified atom stereocenters. The first kappa shape index (κ1) is 12.5. The summed E-state index contributed by atoms with van der Waals surface area (Å²) in [5.41, 5.74) is 2.21. The van der Waals surface area contributed by atoms with Crippen LogP contribution in [0, 0.1) is 0 Å². The molecule has 0 spiro atoms. The van der Waals surface area contributed by atoms with Gasteiger partial charge in [-0.3, -0.25) is 9.78 Å². The molecule has 0 saturated heterocycles. The van der Waals surface area contributed by atoms with Crippen LogP contribution in [0.3, 0.4) is 0 Å². The van der Waals surface area contributed by atoms with Crippen LogP contribution in [0.2, 0.25) is 0 Å². The van der Waals surface area contributed by atoms with Gasteiger partial charge in [0.15, 0.2) is 0 Å². The van der Waals surface area contributed by atoms with Gasteiger partial charge in [0.25, 0.3) is 5.91 Å². The third kappa shape index (κ3) is 2.09. The highest BCUT2D eigenvalue weighted by atomic mass is 16.1. The molecule has 106 valence electrons. The number of aromatic amines is 1. The molecule has 2 N–H and O–H groups in total. The van der Waals surface area contributed by atoms with Crippen molar-refractivity contribution >= 4 is 33.5 Å². The number of amides is 1. The summed E-state index contributed by atoms with van der Waals surface area (Å²) in [6.45, 7) is 0. The highest BCUT2D eigenvalue weighted by molar-refractivity contribution is 6.10. The molecule has 1 aromatic carbocycles. The van der Waals surface area contributed by atoms with E-state index in [1.165, 1.54) is 0 Å². The van der Waals surface area contributed by atoms with E-state index < -0.39 is 0 Å². The number of anilines is 1. The van der Waals surface area contributed by atoms with Crippen molar-refractivity contribution in [2.24, 2.45) is 0 Å². The molecule has 3 heterocycles. The molecule has 4 rings (SSSR count). The Bertz CT molecular complexity index is 976. The number of aromatic nitrogens is 3. The predicted molar refractivity (Wildman–Crippen MR) is 85.8 cm³/mol. The number of H-pyrrole nitrogens is 1. The highest BCUT2D eigenvalue weighted by Crippen LogP contribution is 2.24. The fraction of sp³-hybridized carbons (Fsp3) is 0. The molecule has 0 aliphatic heterocycles. The van der Waals surface area contributed by atoms with Gasteiger partial charge in [-0.05, 0) is 24.3 Å². The first-order valence-electron chi connectivity index (χ1n) is 6.90. The Labute approximate surface area is 126 Å². The smallest absolute Gasteiger partial charge is 0.273 e. The third-order valence-electron chi connectivity index (χ3n) is 3.52. The number of hydrogen-bond donors (Lipinski definition) is 2. The molecule has 5 heteroatoms. The Kier molecular flexibility index (Phi) is 2.83. The van der Waals surface area contributed by atoms with E-state index in [0.717, 1.165) is 21.8 Å². The Morgan fingerprint density at radius 2 is 1.82 bits per heavy atom. The lowest BCUT2D eigenvalue weighted by Gasteiger charge is -2.01. The van der Waals surface area contributed by atoms with Crippen LogP contribution in [0.25, 0.3) is 21.8 Å². The van der Waals surface area contributed by atoms with E-state index in [1.54, 1.807) is 24.5 Å². The summed E-state index contributed by atoms with van der Waals surface area (Å²) < 4.78 is 0. The van der Waals surface area contributed by atoms with Crippen LogP contribution in [-0.4, -0.2) is 20.9 Å². The minimum absolute atomic E-state index is 0.223. The van der Waals surface area contributed by atoms with E-state index in [-0.39, 0.29) is 5.91 Å². The number of nitrogens with one attached hydrogen (secondary N) is 2. The maximum absolute atomic E-state index is 12.3. The Morgan fingerprint density at radius 3 is 2.68 bits per heavy atom. The van der Waals surface area contributed by atoms with Crippen molar-refractivity contribution in [3.63, 3.8) is 0 Å². The molecule has 22 heavy (non-hydrogen) atoms. The topological polar surface area (TPSA) is 70.7 Å². The zero-order chi connectivity index (χ0) is 14.9. The number of carbonyl (C=O) groups excluding carboxylic acids is 1. The van der Waals surface area contributed by atoms with Gasteiger partial charge in [-0.25, -0.2) is 4.98 Å². The number of fused-ring (bicyclic) bond motifs is 3. The van der Waals surface area contributed by atoms with E-state index in [4.69, 9.17) is 0 Å². The zero-order valence-electron chi connectivity index (χ0n) is 11.6. The lowest BCUT2D eigenvalue weighted by atomic mass is 10.1. The minimum Gasteiger partial charge on any atom is -0.349 e. The van der Waals surface area contributed by atoms with Crippen LogP contribution >= 0.6 is 0 Å². The number of pyridine rings is 2. The van der Waals surface area contributed by atoms with Crippen LogP contribution in [0.15, 0.2) is 60.9 Å². The van der Waals surface area contributed by atoms with E-state index in [2.05, 4.69) is 20.3 Å². The van der Waals surface area contributed by atoms with E-state index >= 15 is 0 Å². The second-order valence-electron chi connectivity index (χ2n) is 4.96. The normalized spacial score (nSPS) is 10.9. The Hall–Kier alpha value is -3.21. The molecular weight excluding hydrogens is 276 g/mol. The summed E-state index contributed by atoms with van der Waals surface area (Å²) in [4.78, 5) is 24.0. The van der Waals surface area contributed by atoms with Gasteiger partial charge >= 0.3 is 0 Å². The average molecular weight is 288 g/mol. The lowest BCUT2D eigenvalue weighted by Crippen LogP contribution is -2.12. The standard InChI is InChI=1S/C17H12N4O/c22-17(21-14-5-1-2-8-18-14)13-10-12-7-6-11-4-3-9-19-15(11)16(12)20-13/h1-10,20H,(H,18,21,22). The number of benzene rings is 1. The fourth-order valence-corrected chi connectivity index (χ4v) is 2.48. The molecule has 0 bridgehead atoms. The van der Waals surface area contributed by atoms with Gasteiger partial charge in [0.2, 0.25) is 0 Å². The van der Waals surface area contributed by atoms with Crippen molar-refractivity contribution < 1.29 is 4.79 Å². The monoisotopic (exact) mass is 288 g/mol. The molecular formula is C17H12N4O. The summed E-state index contributed by atoms with van der Waals surface area (Å²) in [6, 6.07) is 15.1. The van der Waals surface area contributed by atoms with Crippen LogP contribution in [-0.2, 0) is 0 Å². The Morgan fingerprint density at radius 1 is 0.955 bits per heavy atom. The summed E-state index contributed by atoms with van der Waals surface area (Å²) in [5.74, 6) is 0.299. The second-order valence-corrected chi connectivity index (χ2v) is 4.96. The van der Waals surface area contributed by atoms with Gasteiger partial charge in [0.05, 0.1) is 11.0 Å². The van der Waals surface area contributed by atoms with Crippen LogP contribution in [0.4, 0.5) is 5.82 Å². The number of rotatable bonds is 2. The van der Waals surface area contributed by atoms with Crippen molar-refractivity contribution in [3.8, 4) is 0 Å². The first-order chi connectivity index (χ1) is 10.8. The Balaban J connectivity index is 1.76. The van der Waals surface area contributed by atoms with Crippen molar-refractivity contribution in [1.29, 1.82) is 0 Å². The molecule has 0 saturated carbocycles. The molecule has 1 amide bonds. The van der Waals surface area contributed by atoms with Crippen molar-refractivity contribution in [2.75, 3.05) is 5.32 Å². The van der Waals surface area contributed by atoms with Crippen molar-refractivity contribution in [3.05, 3.63) is 66.6 Å². The van der Waals surface area contributed by atoms with E-state index in [0.29, 0.717) is 11.5 Å². The van der Waals surface area contributed by atoms with Crippen LogP contribution in [0.5, 0.6) is 0 Å². The first-order valence-corrected chi connectivity index (χ1v) is 6.90. The highest BCUT2D eigenvalue weighted by Gasteiger charge is 2.12. The number of nitrogens with zero attached hydrogens (tertiary/aromatic N) is 2. The molecule has 0 fully saturated rings. The predicted octanol–water partition coefficient (Wildman–Crippen LogP) is 3.36. The fourth-order valence-electron chi connectivity index (χ4n) is 2.48. The largest absolute Gasteiger partial charge is 0.349 e. The molecule has 0 radical (unpaired) electrons. The third-order valence-corrected chi connectivity index (χ3v) is 3.52.